The SMILES string of the molecule is CC1CCN(Cc2csc(NC(=O)c3csc(COc4ccc(F)cc4)n3)n2)CC1. The van der Waals surface area contributed by atoms with Gasteiger partial charge in [0.1, 0.15) is 28.9 Å². The molecule has 9 heteroatoms. The lowest BCUT2D eigenvalue weighted by Crippen LogP contribution is -2.32. The molecule has 6 nitrogen and oxygen atoms in total. The lowest BCUT2D eigenvalue weighted by Gasteiger charge is -2.29. The topological polar surface area (TPSA) is 67.4 Å². The van der Waals surface area contributed by atoms with Crippen molar-refractivity contribution >= 4 is 33.7 Å². The molecule has 2 aromatic heterocycles. The van der Waals surface area contributed by atoms with Crippen LogP contribution in [0.25, 0.3) is 0 Å². The first kappa shape index (κ1) is 20.9. The quantitative estimate of drug-likeness (QED) is 0.565. The molecule has 0 bridgehead atoms. The number of rotatable bonds is 7. The van der Waals surface area contributed by atoms with Gasteiger partial charge < -0.3 is 4.74 Å². The van der Waals surface area contributed by atoms with Crippen LogP contribution in [0.3, 0.4) is 0 Å². The van der Waals surface area contributed by atoms with E-state index in [1.807, 2.05) is 5.38 Å². The van der Waals surface area contributed by atoms with Gasteiger partial charge in [0.2, 0.25) is 0 Å². The summed E-state index contributed by atoms with van der Waals surface area (Å²) in [6, 6.07) is 5.79. The van der Waals surface area contributed by atoms with Crippen molar-refractivity contribution in [3.05, 3.63) is 57.2 Å². The van der Waals surface area contributed by atoms with Crippen LogP contribution in [0.5, 0.6) is 5.75 Å². The van der Waals surface area contributed by atoms with Crippen LogP contribution in [0, 0.1) is 11.7 Å². The van der Waals surface area contributed by atoms with Crippen molar-refractivity contribution < 1.29 is 13.9 Å². The first-order valence-corrected chi connectivity index (χ1v) is 11.6. The van der Waals surface area contributed by atoms with Gasteiger partial charge in [0.15, 0.2) is 5.13 Å². The minimum Gasteiger partial charge on any atom is -0.486 e. The molecule has 1 fully saturated rings. The zero-order valence-corrected chi connectivity index (χ0v) is 18.3. The van der Waals surface area contributed by atoms with Crippen molar-refractivity contribution in [3.8, 4) is 5.75 Å². The molecule has 3 heterocycles. The Hall–Kier alpha value is -2.36. The largest absolute Gasteiger partial charge is 0.486 e. The second kappa shape index (κ2) is 9.63. The normalized spacial score (nSPS) is 15.3. The van der Waals surface area contributed by atoms with E-state index >= 15 is 0 Å². The van der Waals surface area contributed by atoms with E-state index in [2.05, 4.69) is 27.1 Å². The van der Waals surface area contributed by atoms with Crippen LogP contribution in [-0.4, -0.2) is 33.9 Å². The van der Waals surface area contributed by atoms with E-state index in [0.717, 1.165) is 31.2 Å². The van der Waals surface area contributed by atoms with Gasteiger partial charge >= 0.3 is 0 Å². The average Bonchev–Trinajstić information content (AvgIpc) is 3.39. The molecule has 1 N–H and O–H groups in total. The Morgan fingerprint density at radius 3 is 2.73 bits per heavy atom. The lowest BCUT2D eigenvalue weighted by molar-refractivity contribution is 0.102. The van der Waals surface area contributed by atoms with Gasteiger partial charge in [-0.3, -0.25) is 15.0 Å². The highest BCUT2D eigenvalue weighted by Crippen LogP contribution is 2.22. The molecule has 30 heavy (non-hydrogen) atoms. The van der Waals surface area contributed by atoms with Crippen LogP contribution in [0.4, 0.5) is 9.52 Å². The van der Waals surface area contributed by atoms with Crippen LogP contribution in [0.15, 0.2) is 35.0 Å². The number of carbonyl (C=O) groups is 1. The maximum Gasteiger partial charge on any atom is 0.276 e. The van der Waals surface area contributed by atoms with Crippen LogP contribution >= 0.6 is 22.7 Å². The fourth-order valence-electron chi connectivity index (χ4n) is 3.20. The number of ether oxygens (including phenoxy) is 1. The molecule has 1 amide bonds. The minimum atomic E-state index is -0.313. The number of benzene rings is 1. The molecule has 1 saturated heterocycles. The van der Waals surface area contributed by atoms with Gasteiger partial charge in [-0.15, -0.1) is 22.7 Å². The molecule has 158 valence electrons. The molecule has 0 unspecified atom stereocenters. The summed E-state index contributed by atoms with van der Waals surface area (Å²) in [4.78, 5) is 23.8. The van der Waals surface area contributed by atoms with E-state index in [-0.39, 0.29) is 18.3 Å². The fourth-order valence-corrected chi connectivity index (χ4v) is 4.59. The molecular formula is C21H23FN4O2S2. The average molecular weight is 447 g/mol. The number of anilines is 1. The number of hydrogen-bond donors (Lipinski definition) is 1. The van der Waals surface area contributed by atoms with Gasteiger partial charge in [0, 0.05) is 17.3 Å². The summed E-state index contributed by atoms with van der Waals surface area (Å²) in [5, 5.41) is 7.77. The zero-order valence-electron chi connectivity index (χ0n) is 16.6. The Labute approximate surface area is 182 Å². The Balaban J connectivity index is 1.28. The molecular weight excluding hydrogens is 423 g/mol. The lowest BCUT2D eigenvalue weighted by atomic mass is 9.99. The van der Waals surface area contributed by atoms with Crippen molar-refractivity contribution in [2.24, 2.45) is 5.92 Å². The second-order valence-corrected chi connectivity index (χ2v) is 9.23. The number of carbonyl (C=O) groups excluding carboxylic acids is 1. The smallest absolute Gasteiger partial charge is 0.276 e. The third kappa shape index (κ3) is 5.62. The molecule has 1 aromatic carbocycles. The number of likely N-dealkylation sites (tertiary alicyclic amines) is 1. The monoisotopic (exact) mass is 446 g/mol. The Bertz CT molecular complexity index is 981. The number of halogens is 1. The van der Waals surface area contributed by atoms with Gasteiger partial charge in [-0.25, -0.2) is 14.4 Å². The zero-order chi connectivity index (χ0) is 20.9. The number of amides is 1. The standard InChI is InChI=1S/C21H23FN4O2S2/c1-14-6-8-26(9-7-14)10-16-12-30-21(23-16)25-20(27)18-13-29-19(24-18)11-28-17-4-2-15(22)3-5-17/h2-5,12-14H,6-11H2,1H3,(H,23,25,27). The number of thiazole rings is 2. The summed E-state index contributed by atoms with van der Waals surface area (Å²) in [6.45, 7) is 5.54. The van der Waals surface area contributed by atoms with Crippen LogP contribution in [0.2, 0.25) is 0 Å². The van der Waals surface area contributed by atoms with Gasteiger partial charge in [0.25, 0.3) is 5.91 Å². The summed E-state index contributed by atoms with van der Waals surface area (Å²) >= 11 is 2.77. The molecule has 4 rings (SSSR count). The van der Waals surface area contributed by atoms with E-state index in [0.29, 0.717) is 21.6 Å². The van der Waals surface area contributed by atoms with Gasteiger partial charge in [-0.2, -0.15) is 0 Å². The number of nitrogens with one attached hydrogen (secondary N) is 1. The molecule has 0 radical (unpaired) electrons. The summed E-state index contributed by atoms with van der Waals surface area (Å²) in [6.07, 6.45) is 2.45. The Morgan fingerprint density at radius 1 is 1.20 bits per heavy atom. The predicted octanol–water partition coefficient (Wildman–Crippen LogP) is 4.80. The summed E-state index contributed by atoms with van der Waals surface area (Å²) in [7, 11) is 0. The minimum absolute atomic E-state index is 0.222. The van der Waals surface area contributed by atoms with Gasteiger partial charge in [-0.05, 0) is 56.1 Å². The fraction of sp³-hybridized carbons (Fsp3) is 0.381. The van der Waals surface area contributed by atoms with E-state index in [1.165, 1.54) is 47.6 Å². The van der Waals surface area contributed by atoms with Crippen molar-refractivity contribution in [2.45, 2.75) is 32.9 Å². The van der Waals surface area contributed by atoms with E-state index in [1.54, 1.807) is 17.5 Å². The molecule has 1 aliphatic rings. The Kier molecular flexibility index (Phi) is 6.71. The summed E-state index contributed by atoms with van der Waals surface area (Å²) < 4.78 is 18.5. The Morgan fingerprint density at radius 2 is 1.97 bits per heavy atom. The highest BCUT2D eigenvalue weighted by atomic mass is 32.1. The van der Waals surface area contributed by atoms with Crippen molar-refractivity contribution in [1.82, 2.24) is 14.9 Å². The third-order valence-electron chi connectivity index (χ3n) is 4.99. The predicted molar refractivity (Wildman–Crippen MR) is 117 cm³/mol. The molecule has 3 aromatic rings. The van der Waals surface area contributed by atoms with E-state index in [4.69, 9.17) is 4.74 Å². The number of nitrogens with zero attached hydrogens (tertiary/aromatic N) is 3. The van der Waals surface area contributed by atoms with Gasteiger partial charge in [0.05, 0.1) is 5.69 Å². The van der Waals surface area contributed by atoms with Gasteiger partial charge in [-0.1, -0.05) is 6.92 Å². The van der Waals surface area contributed by atoms with Crippen LogP contribution in [0.1, 0.15) is 41.0 Å². The summed E-state index contributed by atoms with van der Waals surface area (Å²) in [5.41, 5.74) is 1.32. The highest BCUT2D eigenvalue weighted by Gasteiger charge is 2.18. The number of hydrogen-bond acceptors (Lipinski definition) is 7. The van der Waals surface area contributed by atoms with Crippen molar-refractivity contribution in [3.63, 3.8) is 0 Å². The highest BCUT2D eigenvalue weighted by molar-refractivity contribution is 7.14. The molecule has 0 atom stereocenters. The molecule has 0 saturated carbocycles. The van der Waals surface area contributed by atoms with Crippen molar-refractivity contribution in [1.29, 1.82) is 0 Å². The molecule has 1 aliphatic heterocycles. The molecule has 0 spiro atoms. The van der Waals surface area contributed by atoms with E-state index in [9.17, 15) is 9.18 Å². The first-order valence-electron chi connectivity index (χ1n) is 9.86. The second-order valence-electron chi connectivity index (χ2n) is 7.43. The first-order chi connectivity index (χ1) is 14.5. The van der Waals surface area contributed by atoms with E-state index < -0.39 is 0 Å². The van der Waals surface area contributed by atoms with Crippen LogP contribution in [-0.2, 0) is 13.2 Å². The summed E-state index contributed by atoms with van der Waals surface area (Å²) in [5.74, 6) is 0.755. The maximum atomic E-state index is 12.9. The van der Waals surface area contributed by atoms with Crippen LogP contribution < -0.4 is 10.1 Å². The van der Waals surface area contributed by atoms with Crippen molar-refractivity contribution in [2.75, 3.05) is 18.4 Å². The number of piperidine rings is 1. The number of aromatic nitrogens is 2. The maximum absolute atomic E-state index is 12.9. The molecule has 0 aliphatic carbocycles. The third-order valence-corrected chi connectivity index (χ3v) is 6.62.